The summed E-state index contributed by atoms with van der Waals surface area (Å²) < 4.78 is 0. The lowest BCUT2D eigenvalue weighted by atomic mass is 9.94. The van der Waals surface area contributed by atoms with Crippen molar-refractivity contribution in [3.8, 4) is 5.75 Å². The predicted molar refractivity (Wildman–Crippen MR) is 95.1 cm³/mol. The maximum absolute atomic E-state index is 10.4. The normalized spacial score (nSPS) is 11.4. The molecule has 3 aromatic rings. The summed E-state index contributed by atoms with van der Waals surface area (Å²) in [7, 11) is 0. The molecular formula is C21H19NO. The maximum atomic E-state index is 10.4. The molecule has 0 bridgehead atoms. The Morgan fingerprint density at radius 2 is 1.78 bits per heavy atom. The van der Waals surface area contributed by atoms with Crippen molar-refractivity contribution < 1.29 is 5.11 Å². The van der Waals surface area contributed by atoms with Crippen molar-refractivity contribution in [1.29, 1.82) is 0 Å². The van der Waals surface area contributed by atoms with Gasteiger partial charge in [0.15, 0.2) is 0 Å². The Bertz CT molecular complexity index is 808. The van der Waals surface area contributed by atoms with Gasteiger partial charge in [-0.1, -0.05) is 49.4 Å². The average Bonchev–Trinajstić information content (AvgIpc) is 2.62. The number of hydrogen-bond donors (Lipinski definition) is 1. The zero-order chi connectivity index (χ0) is 16.1. The highest BCUT2D eigenvalue weighted by Crippen LogP contribution is 2.32. The van der Waals surface area contributed by atoms with Crippen LogP contribution in [0.25, 0.3) is 11.6 Å². The fourth-order valence-electron chi connectivity index (χ4n) is 2.56. The van der Waals surface area contributed by atoms with E-state index < -0.39 is 0 Å². The largest absolute Gasteiger partial charge is 0.507 e. The standard InChI is InChI=1S/C21H19NO/c1-2-16-11-12-21(23)20(14-16)19(17-8-4-3-5-9-17)15-18-10-6-7-13-22-18/h3-15,23H,2H2,1H3/b19-15+. The number of nitrogens with zero attached hydrogens (tertiary/aromatic N) is 1. The molecule has 1 N–H and O–H groups in total. The minimum atomic E-state index is 0.285. The van der Waals surface area contributed by atoms with Crippen molar-refractivity contribution in [2.75, 3.05) is 0 Å². The van der Waals surface area contributed by atoms with Gasteiger partial charge in [-0.25, -0.2) is 0 Å². The van der Waals surface area contributed by atoms with E-state index >= 15 is 0 Å². The zero-order valence-corrected chi connectivity index (χ0v) is 13.1. The quantitative estimate of drug-likeness (QED) is 0.740. The Labute approximate surface area is 136 Å². The number of aromatic nitrogens is 1. The Hall–Kier alpha value is -2.87. The molecule has 0 amide bonds. The summed E-state index contributed by atoms with van der Waals surface area (Å²) in [4.78, 5) is 4.38. The number of aryl methyl sites for hydroxylation is 1. The van der Waals surface area contributed by atoms with Crippen molar-refractivity contribution in [3.63, 3.8) is 0 Å². The van der Waals surface area contributed by atoms with Gasteiger partial charge in [0.1, 0.15) is 5.75 Å². The molecular weight excluding hydrogens is 282 g/mol. The first-order chi connectivity index (χ1) is 11.3. The summed E-state index contributed by atoms with van der Waals surface area (Å²) in [6, 6.07) is 21.7. The zero-order valence-electron chi connectivity index (χ0n) is 13.1. The number of aromatic hydroxyl groups is 1. The third-order valence-electron chi connectivity index (χ3n) is 3.82. The summed E-state index contributed by atoms with van der Waals surface area (Å²) in [5, 5.41) is 10.4. The minimum absolute atomic E-state index is 0.285. The molecule has 3 rings (SSSR count). The molecule has 0 saturated carbocycles. The minimum Gasteiger partial charge on any atom is -0.507 e. The van der Waals surface area contributed by atoms with Crippen LogP contribution in [0.4, 0.5) is 0 Å². The number of rotatable bonds is 4. The summed E-state index contributed by atoms with van der Waals surface area (Å²) in [5.41, 5.74) is 4.92. The molecule has 0 aliphatic heterocycles. The van der Waals surface area contributed by atoms with Gasteiger partial charge in [-0.15, -0.1) is 0 Å². The van der Waals surface area contributed by atoms with Crippen LogP contribution in [-0.2, 0) is 6.42 Å². The molecule has 0 fully saturated rings. The number of hydrogen-bond acceptors (Lipinski definition) is 2. The van der Waals surface area contributed by atoms with Gasteiger partial charge < -0.3 is 5.11 Å². The van der Waals surface area contributed by atoms with Crippen LogP contribution in [0.1, 0.15) is 29.3 Å². The van der Waals surface area contributed by atoms with Gasteiger partial charge in [0.05, 0.1) is 5.69 Å². The second-order valence-corrected chi connectivity index (χ2v) is 5.38. The molecule has 23 heavy (non-hydrogen) atoms. The Kier molecular flexibility index (Phi) is 4.53. The van der Waals surface area contributed by atoms with Gasteiger partial charge in [0.25, 0.3) is 0 Å². The van der Waals surface area contributed by atoms with Crippen LogP contribution in [0, 0.1) is 0 Å². The number of phenols is 1. The lowest BCUT2D eigenvalue weighted by Crippen LogP contribution is -1.92. The van der Waals surface area contributed by atoms with E-state index in [-0.39, 0.29) is 5.75 Å². The third kappa shape index (κ3) is 3.49. The fraction of sp³-hybridized carbons (Fsp3) is 0.0952. The number of pyridine rings is 1. The van der Waals surface area contributed by atoms with Crippen LogP contribution >= 0.6 is 0 Å². The van der Waals surface area contributed by atoms with Crippen molar-refractivity contribution >= 4 is 11.6 Å². The summed E-state index contributed by atoms with van der Waals surface area (Å²) >= 11 is 0. The van der Waals surface area contributed by atoms with E-state index in [4.69, 9.17) is 0 Å². The first-order valence-corrected chi connectivity index (χ1v) is 7.78. The molecule has 0 spiro atoms. The first-order valence-electron chi connectivity index (χ1n) is 7.78. The summed E-state index contributed by atoms with van der Waals surface area (Å²) in [6.07, 6.45) is 4.72. The highest BCUT2D eigenvalue weighted by molar-refractivity contribution is 5.92. The molecule has 0 aliphatic carbocycles. The molecule has 0 aliphatic rings. The van der Waals surface area contributed by atoms with E-state index in [9.17, 15) is 5.11 Å². The van der Waals surface area contributed by atoms with E-state index in [0.29, 0.717) is 0 Å². The SMILES string of the molecule is CCc1ccc(O)c(/C(=C/c2ccccn2)c2ccccc2)c1. The van der Waals surface area contributed by atoms with Crippen LogP contribution < -0.4 is 0 Å². The van der Waals surface area contributed by atoms with E-state index in [2.05, 4.69) is 18.0 Å². The Balaban J connectivity index is 2.19. The fourth-order valence-corrected chi connectivity index (χ4v) is 2.56. The Morgan fingerprint density at radius 1 is 1.00 bits per heavy atom. The molecule has 114 valence electrons. The highest BCUT2D eigenvalue weighted by Gasteiger charge is 2.11. The smallest absolute Gasteiger partial charge is 0.123 e. The second kappa shape index (κ2) is 6.93. The maximum Gasteiger partial charge on any atom is 0.123 e. The Morgan fingerprint density at radius 3 is 2.48 bits per heavy atom. The van der Waals surface area contributed by atoms with Gasteiger partial charge >= 0.3 is 0 Å². The third-order valence-corrected chi connectivity index (χ3v) is 3.82. The van der Waals surface area contributed by atoms with Gasteiger partial charge in [0, 0.05) is 11.8 Å². The van der Waals surface area contributed by atoms with Gasteiger partial charge in [-0.05, 0) is 53.5 Å². The first kappa shape index (κ1) is 15.0. The number of benzene rings is 2. The number of phenolic OH excluding ortho intramolecular Hbond substituents is 1. The van der Waals surface area contributed by atoms with Crippen LogP contribution in [0.3, 0.4) is 0 Å². The molecule has 0 radical (unpaired) electrons. The molecule has 2 aromatic carbocycles. The van der Waals surface area contributed by atoms with Crippen LogP contribution in [0.2, 0.25) is 0 Å². The van der Waals surface area contributed by atoms with Crippen molar-refractivity contribution in [2.24, 2.45) is 0 Å². The average molecular weight is 301 g/mol. The van der Waals surface area contributed by atoms with Gasteiger partial charge in [-0.3, -0.25) is 4.98 Å². The topological polar surface area (TPSA) is 33.1 Å². The van der Waals surface area contributed by atoms with Crippen molar-refractivity contribution in [1.82, 2.24) is 4.98 Å². The van der Waals surface area contributed by atoms with Crippen LogP contribution in [0.5, 0.6) is 5.75 Å². The summed E-state index contributed by atoms with van der Waals surface area (Å²) in [6.45, 7) is 2.11. The predicted octanol–water partition coefficient (Wildman–Crippen LogP) is 4.94. The molecule has 1 aromatic heterocycles. The van der Waals surface area contributed by atoms with Crippen LogP contribution in [-0.4, -0.2) is 10.1 Å². The summed E-state index contributed by atoms with van der Waals surface area (Å²) in [5.74, 6) is 0.285. The second-order valence-electron chi connectivity index (χ2n) is 5.38. The van der Waals surface area contributed by atoms with Crippen molar-refractivity contribution in [2.45, 2.75) is 13.3 Å². The molecule has 2 heteroatoms. The molecule has 0 saturated heterocycles. The van der Waals surface area contributed by atoms with E-state index in [1.165, 1.54) is 5.56 Å². The molecule has 0 atom stereocenters. The molecule has 1 heterocycles. The van der Waals surface area contributed by atoms with Gasteiger partial charge in [0.2, 0.25) is 0 Å². The van der Waals surface area contributed by atoms with E-state index in [1.54, 1.807) is 12.3 Å². The van der Waals surface area contributed by atoms with Gasteiger partial charge in [-0.2, -0.15) is 0 Å². The highest BCUT2D eigenvalue weighted by atomic mass is 16.3. The van der Waals surface area contributed by atoms with Crippen molar-refractivity contribution in [3.05, 3.63) is 95.3 Å². The molecule has 0 unspecified atom stereocenters. The lowest BCUT2D eigenvalue weighted by Gasteiger charge is -2.12. The lowest BCUT2D eigenvalue weighted by molar-refractivity contribution is 0.473. The van der Waals surface area contributed by atoms with E-state index in [0.717, 1.165) is 28.8 Å². The molecule has 2 nitrogen and oxygen atoms in total. The van der Waals surface area contributed by atoms with E-state index in [1.807, 2.05) is 60.7 Å². The van der Waals surface area contributed by atoms with Crippen LogP contribution in [0.15, 0.2) is 72.9 Å². The monoisotopic (exact) mass is 301 g/mol.